The number of aliphatic hydroxyl groups is 1. The van der Waals surface area contributed by atoms with Crippen LogP contribution in [-0.4, -0.2) is 86.8 Å². The second-order valence-corrected chi connectivity index (χ2v) is 7.15. The van der Waals surface area contributed by atoms with Crippen molar-refractivity contribution in [1.29, 1.82) is 0 Å². The van der Waals surface area contributed by atoms with E-state index in [0.29, 0.717) is 6.42 Å². The Bertz CT molecular complexity index is 714. The number of nitrogens with one attached hydrogen (secondary N) is 3. The van der Waals surface area contributed by atoms with E-state index < -0.39 is 91.6 Å². The summed E-state index contributed by atoms with van der Waals surface area (Å²) >= 11 is 0. The number of carboxylic acid groups (broad SMARTS) is 3. The Morgan fingerprint density at radius 3 is 1.81 bits per heavy atom. The normalized spacial score (nSPS) is 15.4. The molecule has 182 valence electrons. The van der Waals surface area contributed by atoms with Gasteiger partial charge in [-0.15, -0.1) is 0 Å². The summed E-state index contributed by atoms with van der Waals surface area (Å²) in [5.41, 5.74) is 5.42. The number of nitrogens with two attached hydrogens (primary N) is 1. The Hall–Kier alpha value is -3.26. The molecule has 0 aromatic heterocycles. The molecule has 0 saturated heterocycles. The van der Waals surface area contributed by atoms with Crippen molar-refractivity contribution in [3.05, 3.63) is 0 Å². The summed E-state index contributed by atoms with van der Waals surface area (Å²) in [6.07, 6.45) is -1.30. The summed E-state index contributed by atoms with van der Waals surface area (Å²) < 4.78 is 0. The topological polar surface area (TPSA) is 245 Å². The summed E-state index contributed by atoms with van der Waals surface area (Å²) in [5.74, 6) is -7.51. The minimum Gasteiger partial charge on any atom is -0.481 e. The first-order chi connectivity index (χ1) is 14.8. The molecular weight excluding hydrogens is 432 g/mol. The highest BCUT2D eigenvalue weighted by molar-refractivity contribution is 5.95. The van der Waals surface area contributed by atoms with Crippen molar-refractivity contribution in [1.82, 2.24) is 16.0 Å². The van der Waals surface area contributed by atoms with Crippen molar-refractivity contribution in [2.45, 2.75) is 63.7 Å². The molecule has 0 aromatic rings. The Morgan fingerprint density at radius 2 is 1.38 bits per heavy atom. The molecule has 0 aliphatic rings. The Morgan fingerprint density at radius 1 is 0.844 bits per heavy atom. The molecule has 5 unspecified atom stereocenters. The molecule has 0 aliphatic carbocycles. The number of carbonyl (C=O) groups excluding carboxylic acids is 3. The highest BCUT2D eigenvalue weighted by Crippen LogP contribution is 2.08. The smallest absolute Gasteiger partial charge is 0.326 e. The van der Waals surface area contributed by atoms with Gasteiger partial charge in [-0.3, -0.25) is 24.0 Å². The fourth-order valence-electron chi connectivity index (χ4n) is 2.50. The largest absolute Gasteiger partial charge is 0.481 e. The van der Waals surface area contributed by atoms with Gasteiger partial charge in [0, 0.05) is 6.42 Å². The van der Waals surface area contributed by atoms with Crippen molar-refractivity contribution in [2.75, 3.05) is 6.61 Å². The molecule has 14 nitrogen and oxygen atoms in total. The number of aliphatic carboxylic acids is 3. The number of aliphatic hydroxyl groups excluding tert-OH is 1. The second-order valence-electron chi connectivity index (χ2n) is 7.15. The van der Waals surface area contributed by atoms with E-state index in [1.807, 2.05) is 0 Å². The Kier molecular flexibility index (Phi) is 12.5. The van der Waals surface area contributed by atoms with Crippen LogP contribution in [0.3, 0.4) is 0 Å². The van der Waals surface area contributed by atoms with E-state index in [4.69, 9.17) is 15.9 Å². The van der Waals surface area contributed by atoms with E-state index >= 15 is 0 Å². The fourth-order valence-corrected chi connectivity index (χ4v) is 2.50. The zero-order valence-corrected chi connectivity index (χ0v) is 17.7. The van der Waals surface area contributed by atoms with Gasteiger partial charge in [0.25, 0.3) is 0 Å². The summed E-state index contributed by atoms with van der Waals surface area (Å²) in [4.78, 5) is 69.8. The van der Waals surface area contributed by atoms with E-state index in [-0.39, 0.29) is 0 Å². The van der Waals surface area contributed by atoms with Gasteiger partial charge in [0.15, 0.2) is 0 Å². The van der Waals surface area contributed by atoms with Gasteiger partial charge in [0.1, 0.15) is 18.1 Å². The van der Waals surface area contributed by atoms with E-state index in [1.54, 1.807) is 13.8 Å². The van der Waals surface area contributed by atoms with Crippen molar-refractivity contribution in [3.8, 4) is 0 Å². The van der Waals surface area contributed by atoms with Crippen LogP contribution in [0, 0.1) is 5.92 Å². The number of carbonyl (C=O) groups is 6. The van der Waals surface area contributed by atoms with Gasteiger partial charge >= 0.3 is 17.9 Å². The van der Waals surface area contributed by atoms with Crippen molar-refractivity contribution in [2.24, 2.45) is 11.7 Å². The molecule has 0 radical (unpaired) electrons. The van der Waals surface area contributed by atoms with Crippen molar-refractivity contribution in [3.63, 3.8) is 0 Å². The third-order valence-corrected chi connectivity index (χ3v) is 4.60. The number of hydrogen-bond acceptors (Lipinski definition) is 8. The molecule has 0 saturated carbocycles. The van der Waals surface area contributed by atoms with Crippen molar-refractivity contribution >= 4 is 35.6 Å². The van der Waals surface area contributed by atoms with Crippen LogP contribution < -0.4 is 21.7 Å². The first kappa shape index (κ1) is 28.7. The predicted octanol–water partition coefficient (Wildman–Crippen LogP) is -2.77. The van der Waals surface area contributed by atoms with Gasteiger partial charge in [0.05, 0.1) is 19.1 Å². The molecule has 0 spiro atoms. The molecule has 3 amide bonds. The lowest BCUT2D eigenvalue weighted by atomic mass is 9.99. The molecule has 0 fully saturated rings. The first-order valence-corrected chi connectivity index (χ1v) is 9.77. The lowest BCUT2D eigenvalue weighted by Gasteiger charge is -2.25. The molecule has 0 bridgehead atoms. The van der Waals surface area contributed by atoms with Crippen LogP contribution in [-0.2, 0) is 28.8 Å². The van der Waals surface area contributed by atoms with Crippen LogP contribution in [0.5, 0.6) is 0 Å². The Labute approximate surface area is 183 Å². The average Bonchev–Trinajstić information content (AvgIpc) is 2.70. The monoisotopic (exact) mass is 462 g/mol. The van der Waals surface area contributed by atoms with Gasteiger partial charge < -0.3 is 42.1 Å². The van der Waals surface area contributed by atoms with E-state index in [0.717, 1.165) is 0 Å². The maximum Gasteiger partial charge on any atom is 0.326 e. The molecule has 14 heteroatoms. The van der Waals surface area contributed by atoms with Crippen LogP contribution in [0.4, 0.5) is 0 Å². The minimum absolute atomic E-state index is 0.420. The standard InChI is InChI=1S/C18H30N4O10/c1-3-8(2)14(18(31)32)22-17(30)11(7-23)21-16(29)10(4-5-12(24)25)20-15(28)9(19)6-13(26)27/h8-11,14,23H,3-7,19H2,1-2H3,(H,20,28)(H,21,29)(H,22,30)(H,24,25)(H,26,27)(H,31,32). The fraction of sp³-hybridized carbons (Fsp3) is 0.667. The van der Waals surface area contributed by atoms with Crippen LogP contribution >= 0.6 is 0 Å². The van der Waals surface area contributed by atoms with Gasteiger partial charge in [-0.05, 0) is 12.3 Å². The van der Waals surface area contributed by atoms with Crippen LogP contribution in [0.2, 0.25) is 0 Å². The highest BCUT2D eigenvalue weighted by atomic mass is 16.4. The maximum atomic E-state index is 12.5. The lowest BCUT2D eigenvalue weighted by Crippen LogP contribution is -2.58. The summed E-state index contributed by atoms with van der Waals surface area (Å²) in [5, 5.41) is 42.7. The molecule has 0 heterocycles. The molecular formula is C18H30N4O10. The number of amides is 3. The first-order valence-electron chi connectivity index (χ1n) is 9.77. The van der Waals surface area contributed by atoms with Crippen molar-refractivity contribution < 1.29 is 49.2 Å². The van der Waals surface area contributed by atoms with E-state index in [2.05, 4.69) is 16.0 Å². The average molecular weight is 462 g/mol. The zero-order chi connectivity index (χ0) is 25.0. The van der Waals surface area contributed by atoms with Gasteiger partial charge in [-0.2, -0.15) is 0 Å². The zero-order valence-electron chi connectivity index (χ0n) is 17.7. The summed E-state index contributed by atoms with van der Waals surface area (Å²) in [6, 6.07) is -5.90. The molecule has 5 atom stereocenters. The highest BCUT2D eigenvalue weighted by Gasteiger charge is 2.32. The number of rotatable bonds is 15. The SMILES string of the molecule is CCC(C)C(NC(=O)C(CO)NC(=O)C(CCC(=O)O)NC(=O)C(N)CC(=O)O)C(=O)O. The quantitative estimate of drug-likeness (QED) is 0.124. The van der Waals surface area contributed by atoms with Crippen LogP contribution in [0.1, 0.15) is 39.5 Å². The van der Waals surface area contributed by atoms with Gasteiger partial charge in [-0.25, -0.2) is 4.79 Å². The third kappa shape index (κ3) is 10.2. The van der Waals surface area contributed by atoms with Crippen LogP contribution in [0.25, 0.3) is 0 Å². The summed E-state index contributed by atoms with van der Waals surface area (Å²) in [6.45, 7) is 2.38. The molecule has 0 aromatic carbocycles. The van der Waals surface area contributed by atoms with Crippen LogP contribution in [0.15, 0.2) is 0 Å². The molecule has 32 heavy (non-hydrogen) atoms. The Balaban J connectivity index is 5.36. The minimum atomic E-state index is -1.59. The third-order valence-electron chi connectivity index (χ3n) is 4.60. The lowest BCUT2D eigenvalue weighted by molar-refractivity contribution is -0.144. The summed E-state index contributed by atoms with van der Waals surface area (Å²) in [7, 11) is 0. The molecule has 9 N–H and O–H groups in total. The molecule has 0 aliphatic heterocycles. The molecule has 0 rings (SSSR count). The van der Waals surface area contributed by atoms with Gasteiger partial charge in [0.2, 0.25) is 17.7 Å². The second kappa shape index (κ2) is 13.9. The van der Waals surface area contributed by atoms with E-state index in [9.17, 15) is 39.0 Å². The number of carboxylic acids is 3. The number of hydrogen-bond donors (Lipinski definition) is 8. The van der Waals surface area contributed by atoms with E-state index in [1.165, 1.54) is 0 Å². The predicted molar refractivity (Wildman–Crippen MR) is 107 cm³/mol. The van der Waals surface area contributed by atoms with Gasteiger partial charge in [-0.1, -0.05) is 20.3 Å². The maximum absolute atomic E-state index is 12.5.